The number of nitrogens with zero attached hydrogens (tertiary/aromatic N) is 2. The van der Waals surface area contributed by atoms with Gasteiger partial charge in [0.2, 0.25) is 5.91 Å². The predicted molar refractivity (Wildman–Crippen MR) is 68.4 cm³/mol. The van der Waals surface area contributed by atoms with Gasteiger partial charge in [0, 0.05) is 14.1 Å². The molecule has 0 atom stereocenters. The minimum atomic E-state index is -0.375. The molecule has 0 aliphatic rings. The van der Waals surface area contributed by atoms with Gasteiger partial charge in [0.05, 0.1) is 18.2 Å². The second kappa shape index (κ2) is 7.01. The second-order valence-electron chi connectivity index (χ2n) is 3.99. The van der Waals surface area contributed by atoms with Crippen molar-refractivity contribution in [2.24, 2.45) is 0 Å². The summed E-state index contributed by atoms with van der Waals surface area (Å²) < 4.78 is 5.21. The fourth-order valence-corrected chi connectivity index (χ4v) is 1.16. The van der Waals surface area contributed by atoms with E-state index in [1.807, 2.05) is 6.07 Å². The van der Waals surface area contributed by atoms with Crippen molar-refractivity contribution >= 4 is 11.8 Å². The van der Waals surface area contributed by atoms with E-state index in [0.717, 1.165) is 0 Å². The third-order valence-electron chi connectivity index (χ3n) is 2.29. The molecule has 1 N–H and O–H groups in total. The van der Waals surface area contributed by atoms with Crippen molar-refractivity contribution < 1.29 is 14.3 Å². The number of carbonyl (C=O) groups excluding carboxylic acids is 2. The van der Waals surface area contributed by atoms with Gasteiger partial charge in [-0.25, -0.2) is 0 Å². The fraction of sp³-hybridized carbons (Fsp3) is 0.308. The largest absolute Gasteiger partial charge is 0.484 e. The van der Waals surface area contributed by atoms with Gasteiger partial charge < -0.3 is 15.0 Å². The van der Waals surface area contributed by atoms with Crippen LogP contribution in [0.2, 0.25) is 0 Å². The van der Waals surface area contributed by atoms with Crippen LogP contribution in [0.15, 0.2) is 24.3 Å². The van der Waals surface area contributed by atoms with Crippen LogP contribution in [0.5, 0.6) is 5.75 Å². The summed E-state index contributed by atoms with van der Waals surface area (Å²) in [4.78, 5) is 24.0. The second-order valence-corrected chi connectivity index (χ2v) is 3.99. The van der Waals surface area contributed by atoms with Crippen molar-refractivity contribution in [3.63, 3.8) is 0 Å². The minimum Gasteiger partial charge on any atom is -0.484 e. The molecule has 0 radical (unpaired) electrons. The van der Waals surface area contributed by atoms with Gasteiger partial charge in [0.15, 0.2) is 6.61 Å². The number of amides is 2. The van der Waals surface area contributed by atoms with E-state index in [0.29, 0.717) is 11.3 Å². The lowest BCUT2D eigenvalue weighted by atomic mass is 10.2. The van der Waals surface area contributed by atoms with E-state index in [2.05, 4.69) is 5.32 Å². The van der Waals surface area contributed by atoms with Crippen molar-refractivity contribution in [1.82, 2.24) is 10.2 Å². The van der Waals surface area contributed by atoms with E-state index in [1.165, 1.54) is 4.90 Å². The molecule has 19 heavy (non-hydrogen) atoms. The molecule has 1 rings (SSSR count). The third-order valence-corrected chi connectivity index (χ3v) is 2.29. The highest BCUT2D eigenvalue weighted by molar-refractivity contribution is 5.85. The Hall–Kier alpha value is -2.55. The molecule has 0 saturated carbocycles. The summed E-state index contributed by atoms with van der Waals surface area (Å²) in [5.74, 6) is -0.0700. The Bertz CT molecular complexity index is 489. The summed E-state index contributed by atoms with van der Waals surface area (Å²) in [6.45, 7) is -0.227. The van der Waals surface area contributed by atoms with Crippen LogP contribution in [0.1, 0.15) is 5.56 Å². The van der Waals surface area contributed by atoms with Crippen molar-refractivity contribution in [2.45, 2.75) is 0 Å². The van der Waals surface area contributed by atoms with Crippen molar-refractivity contribution in [2.75, 3.05) is 27.2 Å². The first kappa shape index (κ1) is 14.5. The number of likely N-dealkylation sites (N-methyl/N-ethyl adjacent to an activating group) is 1. The SMILES string of the molecule is CN(C)C(=O)CNC(=O)COc1ccc(C#N)cc1. The smallest absolute Gasteiger partial charge is 0.258 e. The number of ether oxygens (including phenoxy) is 1. The minimum absolute atomic E-state index is 0.0530. The molecule has 0 aromatic heterocycles. The average molecular weight is 261 g/mol. The van der Waals surface area contributed by atoms with E-state index in [9.17, 15) is 9.59 Å². The van der Waals surface area contributed by atoms with Gasteiger partial charge in [-0.15, -0.1) is 0 Å². The van der Waals surface area contributed by atoms with Crippen LogP contribution < -0.4 is 10.1 Å². The topological polar surface area (TPSA) is 82.4 Å². The maximum atomic E-state index is 11.4. The quantitative estimate of drug-likeness (QED) is 0.817. The Labute approximate surface area is 111 Å². The normalized spacial score (nSPS) is 9.32. The first-order valence-electron chi connectivity index (χ1n) is 5.62. The highest BCUT2D eigenvalue weighted by Gasteiger charge is 2.07. The van der Waals surface area contributed by atoms with Crippen LogP contribution in [-0.4, -0.2) is 44.0 Å². The van der Waals surface area contributed by atoms with Crippen LogP contribution in [0.4, 0.5) is 0 Å². The summed E-state index contributed by atoms with van der Waals surface area (Å²) in [7, 11) is 3.23. The van der Waals surface area contributed by atoms with Gasteiger partial charge in [-0.3, -0.25) is 9.59 Å². The number of hydrogen-bond acceptors (Lipinski definition) is 4. The fourth-order valence-electron chi connectivity index (χ4n) is 1.16. The van der Waals surface area contributed by atoms with Crippen LogP contribution >= 0.6 is 0 Å². The monoisotopic (exact) mass is 261 g/mol. The van der Waals surface area contributed by atoms with E-state index in [1.54, 1.807) is 38.4 Å². The Morgan fingerprint density at radius 3 is 2.47 bits per heavy atom. The summed E-state index contributed by atoms with van der Waals surface area (Å²) in [5.41, 5.74) is 0.522. The molecule has 0 heterocycles. The number of nitriles is 1. The van der Waals surface area contributed by atoms with Gasteiger partial charge in [0.1, 0.15) is 5.75 Å². The highest BCUT2D eigenvalue weighted by atomic mass is 16.5. The number of benzene rings is 1. The van der Waals surface area contributed by atoms with Gasteiger partial charge in [-0.05, 0) is 24.3 Å². The lowest BCUT2D eigenvalue weighted by Crippen LogP contribution is -2.38. The molecule has 0 aliphatic heterocycles. The van der Waals surface area contributed by atoms with Crippen LogP contribution in [-0.2, 0) is 9.59 Å². The van der Waals surface area contributed by atoms with Crippen LogP contribution in [0.3, 0.4) is 0 Å². The standard InChI is InChI=1S/C13H15N3O3/c1-16(2)13(18)8-15-12(17)9-19-11-5-3-10(7-14)4-6-11/h3-6H,8-9H2,1-2H3,(H,15,17). The Balaban J connectivity index is 2.34. The molecule has 6 nitrogen and oxygen atoms in total. The molecule has 1 aromatic carbocycles. The lowest BCUT2D eigenvalue weighted by Gasteiger charge is -2.11. The zero-order valence-electron chi connectivity index (χ0n) is 10.8. The number of rotatable bonds is 5. The van der Waals surface area contributed by atoms with Crippen LogP contribution in [0, 0.1) is 11.3 Å². The zero-order valence-corrected chi connectivity index (χ0v) is 10.8. The van der Waals surface area contributed by atoms with E-state index >= 15 is 0 Å². The molecule has 0 aliphatic carbocycles. The Morgan fingerprint density at radius 2 is 1.95 bits per heavy atom. The third kappa shape index (κ3) is 5.08. The number of nitrogens with one attached hydrogen (secondary N) is 1. The molecular formula is C13H15N3O3. The lowest BCUT2D eigenvalue weighted by molar-refractivity contribution is -0.131. The number of carbonyl (C=O) groups is 2. The molecule has 0 saturated heterocycles. The van der Waals surface area contributed by atoms with E-state index in [-0.39, 0.29) is 25.0 Å². The zero-order chi connectivity index (χ0) is 14.3. The number of hydrogen-bond donors (Lipinski definition) is 1. The van der Waals surface area contributed by atoms with Gasteiger partial charge in [-0.1, -0.05) is 0 Å². The van der Waals surface area contributed by atoms with Crippen molar-refractivity contribution in [3.05, 3.63) is 29.8 Å². The Morgan fingerprint density at radius 1 is 1.32 bits per heavy atom. The van der Waals surface area contributed by atoms with E-state index < -0.39 is 0 Å². The first-order chi connectivity index (χ1) is 9.02. The van der Waals surface area contributed by atoms with Gasteiger partial charge in [0.25, 0.3) is 5.91 Å². The van der Waals surface area contributed by atoms with Crippen molar-refractivity contribution in [3.8, 4) is 11.8 Å². The first-order valence-corrected chi connectivity index (χ1v) is 5.62. The molecule has 6 heteroatoms. The summed E-state index contributed by atoms with van der Waals surface area (Å²) in [6.07, 6.45) is 0. The molecule has 100 valence electrons. The summed E-state index contributed by atoms with van der Waals surface area (Å²) in [6, 6.07) is 8.40. The van der Waals surface area contributed by atoms with Gasteiger partial charge in [-0.2, -0.15) is 5.26 Å². The molecule has 0 fully saturated rings. The molecule has 2 amide bonds. The van der Waals surface area contributed by atoms with E-state index in [4.69, 9.17) is 10.00 Å². The predicted octanol–water partition coefficient (Wildman–Crippen LogP) is 0.141. The molecule has 0 bridgehead atoms. The van der Waals surface area contributed by atoms with Crippen LogP contribution in [0.25, 0.3) is 0 Å². The maximum absolute atomic E-state index is 11.4. The van der Waals surface area contributed by atoms with Crippen molar-refractivity contribution in [1.29, 1.82) is 5.26 Å². The molecule has 1 aromatic rings. The molecular weight excluding hydrogens is 246 g/mol. The molecule has 0 spiro atoms. The highest BCUT2D eigenvalue weighted by Crippen LogP contribution is 2.10. The maximum Gasteiger partial charge on any atom is 0.258 e. The summed E-state index contributed by atoms with van der Waals surface area (Å²) in [5, 5.41) is 11.1. The average Bonchev–Trinajstić information content (AvgIpc) is 2.42. The van der Waals surface area contributed by atoms with Gasteiger partial charge >= 0.3 is 0 Å². The molecule has 0 unspecified atom stereocenters. The summed E-state index contributed by atoms with van der Waals surface area (Å²) >= 11 is 0. The Kier molecular flexibility index (Phi) is 5.35.